The van der Waals surface area contributed by atoms with Gasteiger partial charge in [0.1, 0.15) is 17.0 Å². The van der Waals surface area contributed by atoms with E-state index in [4.69, 9.17) is 4.98 Å². The highest BCUT2D eigenvalue weighted by atomic mass is 19.1. The van der Waals surface area contributed by atoms with E-state index in [0.717, 1.165) is 33.2 Å². The lowest BCUT2D eigenvalue weighted by atomic mass is 10.0. The van der Waals surface area contributed by atoms with Crippen LogP contribution in [0.1, 0.15) is 13.3 Å². The molecule has 6 aromatic rings. The third-order valence-corrected chi connectivity index (χ3v) is 6.13. The first-order valence-electron chi connectivity index (χ1n) is 11.6. The van der Waals surface area contributed by atoms with E-state index < -0.39 is 0 Å². The van der Waals surface area contributed by atoms with E-state index in [2.05, 4.69) is 25.5 Å². The summed E-state index contributed by atoms with van der Waals surface area (Å²) >= 11 is 0. The van der Waals surface area contributed by atoms with E-state index in [1.54, 1.807) is 31.5 Å². The molecule has 7 nitrogen and oxygen atoms in total. The molecule has 176 valence electrons. The predicted octanol–water partition coefficient (Wildman–Crippen LogP) is 6.32. The van der Waals surface area contributed by atoms with Crippen molar-refractivity contribution in [1.82, 2.24) is 25.1 Å². The van der Waals surface area contributed by atoms with E-state index in [9.17, 15) is 9.18 Å². The number of hydrogen-bond donors (Lipinski definition) is 3. The number of nitrogens with zero attached hydrogens (tertiary/aromatic N) is 3. The van der Waals surface area contributed by atoms with Crippen molar-refractivity contribution >= 4 is 33.5 Å². The maximum Gasteiger partial charge on any atom is 0.224 e. The van der Waals surface area contributed by atoms with Gasteiger partial charge in [-0.3, -0.25) is 14.9 Å². The summed E-state index contributed by atoms with van der Waals surface area (Å²) in [5.41, 5.74) is 7.22. The van der Waals surface area contributed by atoms with Gasteiger partial charge in [-0.15, -0.1) is 0 Å². The third-order valence-electron chi connectivity index (χ3n) is 6.13. The fraction of sp³-hybridized carbons (Fsp3) is 0.0714. The van der Waals surface area contributed by atoms with Gasteiger partial charge in [-0.2, -0.15) is 5.10 Å². The maximum atomic E-state index is 14.6. The Morgan fingerprint density at radius 2 is 1.83 bits per heavy atom. The van der Waals surface area contributed by atoms with Crippen LogP contribution in [0.3, 0.4) is 0 Å². The Hall–Kier alpha value is -4.85. The maximum absolute atomic E-state index is 14.6. The number of fused-ring (bicyclic) bond motifs is 2. The SMILES string of the molecule is CCC(=O)Nc1cncc(-c2ccc3[nH]nc(-c4cc5c(-c6ccccc6F)cccc5[nH]4)c3n2)c1. The lowest BCUT2D eigenvalue weighted by Crippen LogP contribution is -2.09. The van der Waals surface area contributed by atoms with Crippen molar-refractivity contribution in [3.05, 3.63) is 84.9 Å². The Balaban J connectivity index is 1.44. The first-order valence-corrected chi connectivity index (χ1v) is 11.6. The van der Waals surface area contributed by atoms with Crippen LogP contribution in [0.15, 0.2) is 79.1 Å². The number of aromatic amines is 2. The number of aromatic nitrogens is 5. The molecule has 2 aromatic carbocycles. The van der Waals surface area contributed by atoms with Crippen LogP contribution in [0.4, 0.5) is 10.1 Å². The van der Waals surface area contributed by atoms with E-state index in [0.29, 0.717) is 34.6 Å². The Morgan fingerprint density at radius 1 is 0.972 bits per heavy atom. The molecule has 0 saturated carbocycles. The molecule has 0 aliphatic rings. The molecule has 0 radical (unpaired) electrons. The Morgan fingerprint density at radius 3 is 2.69 bits per heavy atom. The second-order valence-electron chi connectivity index (χ2n) is 8.46. The number of halogens is 1. The van der Waals surface area contributed by atoms with Crippen molar-refractivity contribution in [3.8, 4) is 33.8 Å². The normalized spacial score (nSPS) is 11.3. The number of H-pyrrole nitrogens is 2. The van der Waals surface area contributed by atoms with Gasteiger partial charge in [-0.05, 0) is 42.0 Å². The second-order valence-corrected chi connectivity index (χ2v) is 8.46. The van der Waals surface area contributed by atoms with Crippen LogP contribution < -0.4 is 5.32 Å². The molecule has 0 fully saturated rings. The lowest BCUT2D eigenvalue weighted by molar-refractivity contribution is -0.115. The highest BCUT2D eigenvalue weighted by Crippen LogP contribution is 2.35. The first-order chi connectivity index (χ1) is 17.6. The number of carbonyl (C=O) groups excluding carboxylic acids is 1. The molecule has 36 heavy (non-hydrogen) atoms. The van der Waals surface area contributed by atoms with Crippen molar-refractivity contribution in [2.24, 2.45) is 0 Å². The zero-order chi connectivity index (χ0) is 24.6. The molecule has 4 aromatic heterocycles. The summed E-state index contributed by atoms with van der Waals surface area (Å²) in [6, 6.07) is 20.1. The number of pyridine rings is 2. The van der Waals surface area contributed by atoms with Gasteiger partial charge in [-0.25, -0.2) is 9.37 Å². The van der Waals surface area contributed by atoms with Gasteiger partial charge in [0.2, 0.25) is 5.91 Å². The summed E-state index contributed by atoms with van der Waals surface area (Å²) in [6.45, 7) is 1.80. The molecule has 1 amide bonds. The third kappa shape index (κ3) is 3.78. The number of rotatable bonds is 5. The minimum atomic E-state index is -0.268. The number of carbonyl (C=O) groups is 1. The quantitative estimate of drug-likeness (QED) is 0.271. The summed E-state index contributed by atoms with van der Waals surface area (Å²) in [7, 11) is 0. The van der Waals surface area contributed by atoms with Crippen LogP contribution in [0.2, 0.25) is 0 Å². The average Bonchev–Trinajstić information content (AvgIpc) is 3.52. The van der Waals surface area contributed by atoms with Crippen LogP contribution in [0.5, 0.6) is 0 Å². The minimum Gasteiger partial charge on any atom is -0.353 e. The van der Waals surface area contributed by atoms with Crippen molar-refractivity contribution in [2.45, 2.75) is 13.3 Å². The molecule has 3 N–H and O–H groups in total. The van der Waals surface area contributed by atoms with Crippen molar-refractivity contribution < 1.29 is 9.18 Å². The van der Waals surface area contributed by atoms with Gasteiger partial charge in [0.25, 0.3) is 0 Å². The Kier molecular flexibility index (Phi) is 5.26. The average molecular weight is 477 g/mol. The number of hydrogen-bond acceptors (Lipinski definition) is 4. The summed E-state index contributed by atoms with van der Waals surface area (Å²) < 4.78 is 14.6. The highest BCUT2D eigenvalue weighted by Gasteiger charge is 2.16. The van der Waals surface area contributed by atoms with Crippen LogP contribution in [-0.2, 0) is 4.79 Å². The van der Waals surface area contributed by atoms with Crippen LogP contribution >= 0.6 is 0 Å². The van der Waals surface area contributed by atoms with Gasteiger partial charge in [0.15, 0.2) is 0 Å². The smallest absolute Gasteiger partial charge is 0.224 e. The summed E-state index contributed by atoms with van der Waals surface area (Å²) in [5, 5.41) is 11.3. The molecular formula is C28H21FN6O. The number of benzene rings is 2. The highest BCUT2D eigenvalue weighted by molar-refractivity contribution is 6.00. The van der Waals surface area contributed by atoms with E-state index in [1.807, 2.05) is 48.5 Å². The van der Waals surface area contributed by atoms with Crippen molar-refractivity contribution in [3.63, 3.8) is 0 Å². The van der Waals surface area contributed by atoms with Gasteiger partial charge >= 0.3 is 0 Å². The topological polar surface area (TPSA) is 99.4 Å². The fourth-order valence-electron chi connectivity index (χ4n) is 4.34. The minimum absolute atomic E-state index is 0.0805. The molecule has 0 aliphatic carbocycles. The van der Waals surface area contributed by atoms with Gasteiger partial charge < -0.3 is 10.3 Å². The van der Waals surface area contributed by atoms with Gasteiger partial charge in [-0.1, -0.05) is 37.3 Å². The van der Waals surface area contributed by atoms with Crippen LogP contribution in [0.25, 0.3) is 55.7 Å². The fourth-order valence-corrected chi connectivity index (χ4v) is 4.34. The molecular weight excluding hydrogens is 455 g/mol. The lowest BCUT2D eigenvalue weighted by Gasteiger charge is -2.06. The standard InChI is InChI=1S/C28H21FN6O/c1-2-26(36)31-17-12-16(14-30-15-17)22-10-11-24-27(33-22)28(35-34-24)25-13-20-18(7-5-9-23(20)32-25)19-6-3-4-8-21(19)29/h3-15,32H,2H2,1H3,(H,31,36)(H,34,35). The molecule has 0 aliphatic heterocycles. The van der Waals surface area contributed by atoms with Gasteiger partial charge in [0.05, 0.1) is 28.8 Å². The Bertz CT molecular complexity index is 1750. The largest absolute Gasteiger partial charge is 0.353 e. The number of nitrogens with one attached hydrogen (secondary N) is 3. The summed E-state index contributed by atoms with van der Waals surface area (Å²) in [5.74, 6) is -0.349. The van der Waals surface area contributed by atoms with E-state index >= 15 is 0 Å². The second kappa shape index (κ2) is 8.74. The zero-order valence-electron chi connectivity index (χ0n) is 19.3. The molecule has 6 rings (SSSR count). The molecule has 4 heterocycles. The first kappa shape index (κ1) is 21.7. The van der Waals surface area contributed by atoms with Gasteiger partial charge in [0, 0.05) is 34.6 Å². The molecule has 0 bridgehead atoms. The number of amides is 1. The zero-order valence-corrected chi connectivity index (χ0v) is 19.3. The molecule has 0 spiro atoms. The molecule has 0 atom stereocenters. The van der Waals surface area contributed by atoms with E-state index in [-0.39, 0.29) is 11.7 Å². The van der Waals surface area contributed by atoms with Crippen LogP contribution in [0, 0.1) is 5.82 Å². The van der Waals surface area contributed by atoms with Crippen molar-refractivity contribution in [1.29, 1.82) is 0 Å². The number of anilines is 1. The molecule has 0 unspecified atom stereocenters. The Labute approximate surface area is 205 Å². The molecule has 8 heteroatoms. The van der Waals surface area contributed by atoms with Crippen molar-refractivity contribution in [2.75, 3.05) is 5.32 Å². The monoisotopic (exact) mass is 476 g/mol. The summed E-state index contributed by atoms with van der Waals surface area (Å²) in [4.78, 5) is 24.3. The van der Waals surface area contributed by atoms with E-state index in [1.165, 1.54) is 6.07 Å². The molecule has 0 saturated heterocycles. The predicted molar refractivity (Wildman–Crippen MR) is 139 cm³/mol. The van der Waals surface area contributed by atoms with Crippen LogP contribution in [-0.4, -0.2) is 31.1 Å². The summed E-state index contributed by atoms with van der Waals surface area (Å²) in [6.07, 6.45) is 3.70.